The summed E-state index contributed by atoms with van der Waals surface area (Å²) in [4.78, 5) is 0. The average molecular weight is 283 g/mol. The molecule has 0 spiro atoms. The van der Waals surface area contributed by atoms with Crippen molar-refractivity contribution < 1.29 is 9.42 Å². The predicted molar refractivity (Wildman–Crippen MR) is 78.9 cm³/mol. The van der Waals surface area contributed by atoms with E-state index in [4.69, 9.17) is 10.9 Å². The van der Waals surface area contributed by atoms with Crippen molar-refractivity contribution in [2.45, 2.75) is 25.6 Å². The first-order chi connectivity index (χ1) is 8.95. The maximum atomic E-state index is 11.2. The number of rotatable bonds is 6. The molecule has 0 amide bonds. The van der Waals surface area contributed by atoms with E-state index < -0.39 is 10.8 Å². The van der Waals surface area contributed by atoms with Gasteiger partial charge in [-0.05, 0) is 31.0 Å². The van der Waals surface area contributed by atoms with Crippen molar-refractivity contribution in [2.75, 3.05) is 12.8 Å². The molecule has 0 bridgehead atoms. The molecule has 0 fully saturated rings. The van der Waals surface area contributed by atoms with Gasteiger partial charge in [0, 0.05) is 41.0 Å². The van der Waals surface area contributed by atoms with Crippen LogP contribution in [-0.2, 0) is 17.3 Å². The second kappa shape index (κ2) is 7.25. The van der Waals surface area contributed by atoms with E-state index in [1.807, 2.05) is 32.0 Å². The summed E-state index contributed by atoms with van der Waals surface area (Å²) >= 11 is 0. The summed E-state index contributed by atoms with van der Waals surface area (Å²) in [5.74, 6) is 0.109. The van der Waals surface area contributed by atoms with Crippen molar-refractivity contribution in [1.29, 1.82) is 0 Å². The Morgan fingerprint density at radius 2 is 2.26 bits per heavy atom. The van der Waals surface area contributed by atoms with E-state index in [1.165, 1.54) is 0 Å². The van der Waals surface area contributed by atoms with Crippen LogP contribution in [0.3, 0.4) is 0 Å². The van der Waals surface area contributed by atoms with Gasteiger partial charge in [0.25, 0.3) is 0 Å². The van der Waals surface area contributed by atoms with Gasteiger partial charge in [0.2, 0.25) is 0 Å². The number of oxime groups is 1. The van der Waals surface area contributed by atoms with Gasteiger partial charge >= 0.3 is 0 Å². The van der Waals surface area contributed by atoms with Gasteiger partial charge in [0.05, 0.1) is 0 Å². The minimum Gasteiger partial charge on any atom is -0.409 e. The average Bonchev–Trinajstić information content (AvgIpc) is 2.39. The molecule has 1 aromatic carbocycles. The summed E-state index contributed by atoms with van der Waals surface area (Å²) < 4.78 is 11.2. The normalized spacial score (nSPS) is 15.2. The zero-order chi connectivity index (χ0) is 14.4. The molecule has 19 heavy (non-hydrogen) atoms. The summed E-state index contributed by atoms with van der Waals surface area (Å²) in [5, 5.41) is 15.0. The lowest BCUT2D eigenvalue weighted by atomic mass is 10.0. The van der Waals surface area contributed by atoms with Gasteiger partial charge in [-0.2, -0.15) is 0 Å². The molecule has 5 nitrogen and oxygen atoms in total. The Hall–Kier alpha value is -1.40. The molecule has 0 saturated carbocycles. The zero-order valence-corrected chi connectivity index (χ0v) is 12.3. The van der Waals surface area contributed by atoms with Gasteiger partial charge in [-0.3, -0.25) is 4.21 Å². The van der Waals surface area contributed by atoms with Crippen LogP contribution in [0.4, 0.5) is 0 Å². The number of amidine groups is 1. The van der Waals surface area contributed by atoms with Crippen LogP contribution in [0, 0.1) is 6.92 Å². The van der Waals surface area contributed by atoms with Gasteiger partial charge < -0.3 is 16.3 Å². The fraction of sp³-hybridized carbons (Fsp3) is 0.462. The summed E-state index contributed by atoms with van der Waals surface area (Å²) in [6, 6.07) is 5.65. The Morgan fingerprint density at radius 1 is 1.58 bits per heavy atom. The molecule has 0 aliphatic rings. The van der Waals surface area contributed by atoms with E-state index in [-0.39, 0.29) is 11.1 Å². The standard InChI is InChI=1S/C13H21N3O2S/c1-9-6-11(13(14)16-17)4-5-12(9)8-15-7-10(2)19(3)18/h4-6,10,15,17H,7-8H2,1-3H3,(H2,14,16). The Bertz CT molecular complexity index is 489. The van der Waals surface area contributed by atoms with Crippen molar-refractivity contribution in [3.63, 3.8) is 0 Å². The van der Waals surface area contributed by atoms with E-state index in [0.717, 1.165) is 11.1 Å². The quantitative estimate of drug-likeness (QED) is 0.314. The van der Waals surface area contributed by atoms with E-state index in [1.54, 1.807) is 6.26 Å². The molecule has 2 atom stereocenters. The molecular formula is C13H21N3O2S. The van der Waals surface area contributed by atoms with Crippen molar-refractivity contribution in [3.8, 4) is 0 Å². The number of aryl methyl sites for hydroxylation is 1. The molecule has 0 heterocycles. The highest BCUT2D eigenvalue weighted by Crippen LogP contribution is 2.11. The Kier molecular flexibility index (Phi) is 5.98. The molecule has 0 saturated heterocycles. The predicted octanol–water partition coefficient (Wildman–Crippen LogP) is 0.946. The number of benzene rings is 1. The fourth-order valence-corrected chi connectivity index (χ4v) is 1.99. The van der Waals surface area contributed by atoms with Crippen LogP contribution in [0.2, 0.25) is 0 Å². The SMILES string of the molecule is Cc1cc(/C(N)=N/O)ccc1CNCC(C)S(C)=O. The van der Waals surface area contributed by atoms with Gasteiger partial charge in [-0.15, -0.1) is 0 Å². The Labute approximate surface area is 116 Å². The van der Waals surface area contributed by atoms with Crippen molar-refractivity contribution in [1.82, 2.24) is 5.32 Å². The summed E-state index contributed by atoms with van der Waals surface area (Å²) in [6.07, 6.45) is 1.71. The third-order valence-electron chi connectivity index (χ3n) is 3.06. The monoisotopic (exact) mass is 283 g/mol. The van der Waals surface area contributed by atoms with Crippen LogP contribution in [0.15, 0.2) is 23.4 Å². The summed E-state index contributed by atoms with van der Waals surface area (Å²) in [5.41, 5.74) is 8.45. The smallest absolute Gasteiger partial charge is 0.170 e. The Morgan fingerprint density at radius 3 is 2.79 bits per heavy atom. The van der Waals surface area contributed by atoms with Crippen molar-refractivity contribution in [3.05, 3.63) is 34.9 Å². The lowest BCUT2D eigenvalue weighted by Crippen LogP contribution is -2.27. The minimum absolute atomic E-state index is 0.109. The third-order valence-corrected chi connectivity index (χ3v) is 4.36. The van der Waals surface area contributed by atoms with Crippen molar-refractivity contribution >= 4 is 16.6 Å². The van der Waals surface area contributed by atoms with E-state index in [9.17, 15) is 4.21 Å². The molecule has 6 heteroatoms. The highest BCUT2D eigenvalue weighted by atomic mass is 32.2. The molecule has 2 unspecified atom stereocenters. The topological polar surface area (TPSA) is 87.7 Å². The van der Waals surface area contributed by atoms with Gasteiger partial charge in [0.15, 0.2) is 5.84 Å². The lowest BCUT2D eigenvalue weighted by molar-refractivity contribution is 0.318. The number of nitrogens with two attached hydrogens (primary N) is 1. The second-order valence-electron chi connectivity index (χ2n) is 4.57. The first-order valence-corrected chi connectivity index (χ1v) is 7.68. The number of hydrogen-bond acceptors (Lipinski definition) is 4. The van der Waals surface area contributed by atoms with Crippen LogP contribution >= 0.6 is 0 Å². The maximum absolute atomic E-state index is 11.2. The maximum Gasteiger partial charge on any atom is 0.170 e. The van der Waals surface area contributed by atoms with E-state index >= 15 is 0 Å². The molecule has 106 valence electrons. The van der Waals surface area contributed by atoms with Crippen LogP contribution < -0.4 is 11.1 Å². The first kappa shape index (κ1) is 15.7. The Balaban J connectivity index is 2.63. The van der Waals surface area contributed by atoms with Gasteiger partial charge in [0.1, 0.15) is 0 Å². The first-order valence-electron chi connectivity index (χ1n) is 6.06. The van der Waals surface area contributed by atoms with Crippen LogP contribution in [-0.4, -0.2) is 33.3 Å². The molecule has 0 aliphatic carbocycles. The van der Waals surface area contributed by atoms with Gasteiger partial charge in [-0.25, -0.2) is 0 Å². The molecule has 1 rings (SSSR count). The van der Waals surface area contributed by atoms with Gasteiger partial charge in [-0.1, -0.05) is 17.3 Å². The highest BCUT2D eigenvalue weighted by molar-refractivity contribution is 7.84. The molecule has 0 radical (unpaired) electrons. The van der Waals surface area contributed by atoms with Crippen LogP contribution in [0.1, 0.15) is 23.6 Å². The highest BCUT2D eigenvalue weighted by Gasteiger charge is 2.07. The van der Waals surface area contributed by atoms with Crippen LogP contribution in [0.25, 0.3) is 0 Å². The molecule has 0 aliphatic heterocycles. The van der Waals surface area contributed by atoms with Crippen LogP contribution in [0.5, 0.6) is 0 Å². The number of nitrogens with one attached hydrogen (secondary N) is 1. The largest absolute Gasteiger partial charge is 0.409 e. The third kappa shape index (κ3) is 4.65. The molecule has 4 N–H and O–H groups in total. The number of nitrogens with zero attached hydrogens (tertiary/aromatic N) is 1. The minimum atomic E-state index is -0.807. The lowest BCUT2D eigenvalue weighted by Gasteiger charge is -2.12. The van der Waals surface area contributed by atoms with E-state index in [2.05, 4.69) is 10.5 Å². The van der Waals surface area contributed by atoms with E-state index in [0.29, 0.717) is 18.7 Å². The summed E-state index contributed by atoms with van der Waals surface area (Å²) in [7, 11) is -0.807. The fourth-order valence-electron chi connectivity index (χ4n) is 1.64. The van der Waals surface area contributed by atoms with Crippen molar-refractivity contribution in [2.24, 2.45) is 10.9 Å². The second-order valence-corrected chi connectivity index (χ2v) is 6.37. The molecular weight excluding hydrogens is 262 g/mol. The zero-order valence-electron chi connectivity index (χ0n) is 11.5. The molecule has 0 aromatic heterocycles. The molecule has 1 aromatic rings. The summed E-state index contributed by atoms with van der Waals surface area (Å²) in [6.45, 7) is 5.36. The number of hydrogen-bond donors (Lipinski definition) is 3.